The topological polar surface area (TPSA) is 44.8 Å². The number of methoxy groups -OCH3 is 1. The summed E-state index contributed by atoms with van der Waals surface area (Å²) in [6, 6.07) is 19.7. The second kappa shape index (κ2) is 10.7. The predicted molar refractivity (Wildman–Crippen MR) is 130 cm³/mol. The Morgan fingerprint density at radius 3 is 2.45 bits per heavy atom. The number of nitrogens with one attached hydrogen (secondary N) is 1. The van der Waals surface area contributed by atoms with Gasteiger partial charge < -0.3 is 15.0 Å². The van der Waals surface area contributed by atoms with E-state index in [-0.39, 0.29) is 11.7 Å². The smallest absolute Gasteiger partial charge is 0.251 e. The molecule has 1 fully saturated rings. The van der Waals surface area contributed by atoms with Crippen molar-refractivity contribution in [2.45, 2.75) is 13.1 Å². The molecule has 5 nitrogen and oxygen atoms in total. The van der Waals surface area contributed by atoms with E-state index in [1.165, 1.54) is 29.8 Å². The van der Waals surface area contributed by atoms with Gasteiger partial charge >= 0.3 is 0 Å². The molecular formula is C26H27ClFN3O2. The van der Waals surface area contributed by atoms with Gasteiger partial charge in [-0.3, -0.25) is 9.69 Å². The van der Waals surface area contributed by atoms with Crippen LogP contribution in [0.15, 0.2) is 66.7 Å². The van der Waals surface area contributed by atoms with Crippen LogP contribution in [0, 0.1) is 5.82 Å². The Morgan fingerprint density at radius 2 is 1.76 bits per heavy atom. The quantitative estimate of drug-likeness (QED) is 0.545. The number of carbonyl (C=O) groups is 1. The van der Waals surface area contributed by atoms with Crippen LogP contribution in [-0.2, 0) is 13.1 Å². The Kier molecular flexibility index (Phi) is 7.47. The molecule has 7 heteroatoms. The van der Waals surface area contributed by atoms with E-state index in [0.717, 1.165) is 44.0 Å². The lowest BCUT2D eigenvalue weighted by atomic mass is 10.1. The highest BCUT2D eigenvalue weighted by Gasteiger charge is 2.18. The van der Waals surface area contributed by atoms with Crippen LogP contribution >= 0.6 is 11.6 Å². The summed E-state index contributed by atoms with van der Waals surface area (Å²) in [4.78, 5) is 17.1. The van der Waals surface area contributed by atoms with Gasteiger partial charge in [-0.05, 0) is 59.7 Å². The zero-order valence-electron chi connectivity index (χ0n) is 18.6. The number of carbonyl (C=O) groups excluding carboxylic acids is 1. The Morgan fingerprint density at radius 1 is 1.00 bits per heavy atom. The van der Waals surface area contributed by atoms with Crippen molar-refractivity contribution < 1.29 is 13.9 Å². The Balaban J connectivity index is 1.29. The number of halogens is 2. The zero-order chi connectivity index (χ0) is 23.2. The molecule has 1 heterocycles. The number of ether oxygens (including phenoxy) is 1. The van der Waals surface area contributed by atoms with Crippen LogP contribution in [0.25, 0.3) is 0 Å². The molecule has 1 N–H and O–H groups in total. The van der Waals surface area contributed by atoms with Crippen molar-refractivity contribution in [3.8, 4) is 5.75 Å². The van der Waals surface area contributed by atoms with Gasteiger partial charge in [0.05, 0.1) is 12.1 Å². The van der Waals surface area contributed by atoms with Crippen molar-refractivity contribution >= 4 is 23.2 Å². The predicted octanol–water partition coefficient (Wildman–Crippen LogP) is 4.74. The van der Waals surface area contributed by atoms with E-state index in [9.17, 15) is 9.18 Å². The monoisotopic (exact) mass is 467 g/mol. The lowest BCUT2D eigenvalue weighted by Crippen LogP contribution is -2.46. The van der Waals surface area contributed by atoms with Crippen LogP contribution in [0.4, 0.5) is 10.1 Å². The van der Waals surface area contributed by atoms with E-state index >= 15 is 0 Å². The summed E-state index contributed by atoms with van der Waals surface area (Å²) in [6.07, 6.45) is 0. The van der Waals surface area contributed by atoms with E-state index in [4.69, 9.17) is 16.3 Å². The molecule has 0 spiro atoms. The van der Waals surface area contributed by atoms with Crippen molar-refractivity contribution in [1.82, 2.24) is 10.2 Å². The van der Waals surface area contributed by atoms with Crippen LogP contribution < -0.4 is 15.0 Å². The third-order valence-electron chi connectivity index (χ3n) is 5.83. The maximum absolute atomic E-state index is 13.1. The van der Waals surface area contributed by atoms with Crippen molar-refractivity contribution in [3.63, 3.8) is 0 Å². The van der Waals surface area contributed by atoms with E-state index in [0.29, 0.717) is 22.9 Å². The molecule has 0 saturated carbocycles. The molecule has 1 aliphatic heterocycles. The molecule has 33 heavy (non-hydrogen) atoms. The fourth-order valence-electron chi connectivity index (χ4n) is 3.98. The number of amides is 1. The Labute approximate surface area is 198 Å². The Bertz CT molecular complexity index is 1100. The van der Waals surface area contributed by atoms with E-state index in [1.54, 1.807) is 7.11 Å². The van der Waals surface area contributed by atoms with Crippen LogP contribution in [0.5, 0.6) is 5.75 Å². The molecule has 1 amide bonds. The molecule has 1 saturated heterocycles. The van der Waals surface area contributed by atoms with Crippen LogP contribution in [-0.4, -0.2) is 44.1 Å². The summed E-state index contributed by atoms with van der Waals surface area (Å²) in [5, 5.41) is 3.54. The second-order valence-electron chi connectivity index (χ2n) is 8.09. The largest absolute Gasteiger partial charge is 0.495 e. The number of nitrogens with zero attached hydrogens (tertiary/aromatic N) is 2. The first kappa shape index (κ1) is 23.1. The minimum absolute atomic E-state index is 0.215. The van der Waals surface area contributed by atoms with Gasteiger partial charge in [0.2, 0.25) is 0 Å². The first-order valence-corrected chi connectivity index (χ1v) is 11.3. The summed E-state index contributed by atoms with van der Waals surface area (Å²) in [5.41, 5.74) is 3.80. The lowest BCUT2D eigenvalue weighted by Gasteiger charge is -2.36. The second-order valence-corrected chi connectivity index (χ2v) is 8.50. The van der Waals surface area contributed by atoms with E-state index < -0.39 is 0 Å². The molecule has 172 valence electrons. The number of benzene rings is 3. The minimum atomic E-state index is -0.354. The van der Waals surface area contributed by atoms with Crippen molar-refractivity contribution in [2.24, 2.45) is 0 Å². The maximum Gasteiger partial charge on any atom is 0.251 e. The van der Waals surface area contributed by atoms with E-state index in [1.807, 2.05) is 24.3 Å². The highest BCUT2D eigenvalue weighted by atomic mass is 35.5. The average Bonchev–Trinajstić information content (AvgIpc) is 2.84. The fraction of sp³-hybridized carbons (Fsp3) is 0.269. The fourth-order valence-corrected chi connectivity index (χ4v) is 4.26. The maximum atomic E-state index is 13.1. The van der Waals surface area contributed by atoms with Gasteiger partial charge in [-0.15, -0.1) is 0 Å². The van der Waals surface area contributed by atoms with Crippen molar-refractivity contribution in [3.05, 3.63) is 94.3 Å². The van der Waals surface area contributed by atoms with Gasteiger partial charge in [0.1, 0.15) is 11.6 Å². The van der Waals surface area contributed by atoms with Gasteiger partial charge in [0.15, 0.2) is 0 Å². The molecule has 0 aliphatic carbocycles. The molecule has 0 radical (unpaired) electrons. The molecule has 0 unspecified atom stereocenters. The average molecular weight is 468 g/mol. The third kappa shape index (κ3) is 6.03. The van der Waals surface area contributed by atoms with Crippen LogP contribution in [0.3, 0.4) is 0 Å². The van der Waals surface area contributed by atoms with E-state index in [2.05, 4.69) is 33.3 Å². The summed E-state index contributed by atoms with van der Waals surface area (Å²) < 4.78 is 18.3. The summed E-state index contributed by atoms with van der Waals surface area (Å²) in [7, 11) is 1.62. The van der Waals surface area contributed by atoms with Gasteiger partial charge in [-0.1, -0.05) is 29.8 Å². The SMILES string of the molecule is COc1ccc(CN2CCN(c3cccc(CNC(=O)c4ccc(F)cc4)c3)CC2)cc1Cl. The first-order valence-electron chi connectivity index (χ1n) is 10.9. The molecule has 0 aromatic heterocycles. The van der Waals surface area contributed by atoms with Gasteiger partial charge in [0, 0.05) is 50.5 Å². The Hall–Kier alpha value is -3.09. The zero-order valence-corrected chi connectivity index (χ0v) is 19.3. The standard InChI is InChI=1S/C26H27ClFN3O2/c1-33-25-10-5-20(16-24(25)27)18-30-11-13-31(14-12-30)23-4-2-3-19(15-23)17-29-26(32)21-6-8-22(28)9-7-21/h2-10,15-16H,11-14,17-18H2,1H3,(H,29,32). The van der Waals surface area contributed by atoms with Crippen LogP contribution in [0.1, 0.15) is 21.5 Å². The number of rotatable bonds is 7. The molecule has 3 aromatic carbocycles. The molecule has 0 bridgehead atoms. The van der Waals surface area contributed by atoms with Crippen molar-refractivity contribution in [2.75, 3.05) is 38.2 Å². The summed E-state index contributed by atoms with van der Waals surface area (Å²) >= 11 is 6.26. The molecule has 1 aliphatic rings. The first-order chi connectivity index (χ1) is 16.0. The molecular weight excluding hydrogens is 441 g/mol. The number of anilines is 1. The molecule has 4 rings (SSSR count). The number of hydrogen-bond acceptors (Lipinski definition) is 4. The highest BCUT2D eigenvalue weighted by molar-refractivity contribution is 6.32. The van der Waals surface area contributed by atoms with Gasteiger partial charge in [-0.2, -0.15) is 0 Å². The van der Waals surface area contributed by atoms with Gasteiger partial charge in [-0.25, -0.2) is 4.39 Å². The van der Waals surface area contributed by atoms with Crippen molar-refractivity contribution in [1.29, 1.82) is 0 Å². The van der Waals surface area contributed by atoms with Crippen LogP contribution in [0.2, 0.25) is 5.02 Å². The number of hydrogen-bond donors (Lipinski definition) is 1. The normalized spacial score (nSPS) is 14.2. The lowest BCUT2D eigenvalue weighted by molar-refractivity contribution is 0.0951. The number of piperazine rings is 1. The molecule has 0 atom stereocenters. The summed E-state index contributed by atoms with van der Waals surface area (Å²) in [5.74, 6) is 0.124. The summed E-state index contributed by atoms with van der Waals surface area (Å²) in [6.45, 7) is 5.03. The third-order valence-corrected chi connectivity index (χ3v) is 6.13. The highest BCUT2D eigenvalue weighted by Crippen LogP contribution is 2.26. The minimum Gasteiger partial charge on any atom is -0.495 e. The van der Waals surface area contributed by atoms with Gasteiger partial charge in [0.25, 0.3) is 5.91 Å². The molecule has 3 aromatic rings.